The fourth-order valence-corrected chi connectivity index (χ4v) is 2.37. The van der Waals surface area contributed by atoms with Gasteiger partial charge in [0.15, 0.2) is 0 Å². The summed E-state index contributed by atoms with van der Waals surface area (Å²) in [4.78, 5) is 14.0. The van der Waals surface area contributed by atoms with E-state index in [0.717, 1.165) is 25.8 Å². The summed E-state index contributed by atoms with van der Waals surface area (Å²) in [6, 6.07) is -0.417. The van der Waals surface area contributed by atoms with Crippen LogP contribution in [0.4, 0.5) is 0 Å². The number of nitrogens with zero attached hydrogens (tertiary/aromatic N) is 1. The Bertz CT molecular complexity index is 273. The summed E-state index contributed by atoms with van der Waals surface area (Å²) in [6.07, 6.45) is 3.46. The first-order chi connectivity index (χ1) is 8.52. The Kier molecular flexibility index (Phi) is 6.05. The summed E-state index contributed by atoms with van der Waals surface area (Å²) >= 11 is 0. The van der Waals surface area contributed by atoms with Crippen molar-refractivity contribution in [2.45, 2.75) is 44.2 Å². The fourth-order valence-electron chi connectivity index (χ4n) is 2.37. The smallest absolute Gasteiger partial charge is 0.239 e. The minimum Gasteiger partial charge on any atom is -0.385 e. The highest BCUT2D eigenvalue weighted by Crippen LogP contribution is 2.24. The molecular weight excluding hydrogens is 232 g/mol. The Morgan fingerprint density at radius 3 is 2.83 bits per heavy atom. The number of methoxy groups -OCH3 is 2. The number of carbonyl (C=O) groups is 1. The Morgan fingerprint density at radius 2 is 2.22 bits per heavy atom. The SMILES string of the molecule is COCCCC(N)C(=O)N1CCCC(C)(OC)C1. The van der Waals surface area contributed by atoms with Crippen LogP contribution in [0, 0.1) is 0 Å². The third-order valence-corrected chi connectivity index (χ3v) is 3.64. The largest absolute Gasteiger partial charge is 0.385 e. The second-order valence-electron chi connectivity index (χ2n) is 5.26. The lowest BCUT2D eigenvalue weighted by Gasteiger charge is -2.40. The van der Waals surface area contributed by atoms with Crippen molar-refractivity contribution in [3.05, 3.63) is 0 Å². The van der Waals surface area contributed by atoms with Crippen molar-refractivity contribution in [2.24, 2.45) is 5.73 Å². The van der Waals surface area contributed by atoms with E-state index in [2.05, 4.69) is 0 Å². The predicted molar refractivity (Wildman–Crippen MR) is 70.3 cm³/mol. The van der Waals surface area contributed by atoms with Crippen LogP contribution in [0.1, 0.15) is 32.6 Å². The Morgan fingerprint density at radius 1 is 1.50 bits per heavy atom. The first-order valence-corrected chi connectivity index (χ1v) is 6.61. The van der Waals surface area contributed by atoms with Gasteiger partial charge in [0, 0.05) is 33.9 Å². The van der Waals surface area contributed by atoms with E-state index in [4.69, 9.17) is 15.2 Å². The van der Waals surface area contributed by atoms with Gasteiger partial charge < -0.3 is 20.1 Å². The van der Waals surface area contributed by atoms with E-state index >= 15 is 0 Å². The van der Waals surface area contributed by atoms with Crippen LogP contribution in [-0.4, -0.2) is 56.4 Å². The van der Waals surface area contributed by atoms with E-state index in [1.54, 1.807) is 14.2 Å². The van der Waals surface area contributed by atoms with Crippen molar-refractivity contribution < 1.29 is 14.3 Å². The first kappa shape index (κ1) is 15.4. The number of piperidine rings is 1. The molecule has 0 bridgehead atoms. The number of ether oxygens (including phenoxy) is 2. The Labute approximate surface area is 110 Å². The number of likely N-dealkylation sites (tertiary alicyclic amines) is 1. The lowest BCUT2D eigenvalue weighted by atomic mass is 9.94. The van der Waals surface area contributed by atoms with E-state index in [0.29, 0.717) is 19.6 Å². The first-order valence-electron chi connectivity index (χ1n) is 6.61. The van der Waals surface area contributed by atoms with Crippen molar-refractivity contribution in [1.82, 2.24) is 4.90 Å². The molecule has 5 heteroatoms. The summed E-state index contributed by atoms with van der Waals surface area (Å²) in [5, 5.41) is 0. The number of hydrogen-bond acceptors (Lipinski definition) is 4. The maximum atomic E-state index is 12.2. The van der Waals surface area contributed by atoms with Crippen LogP contribution in [0.3, 0.4) is 0 Å². The Hall–Kier alpha value is -0.650. The highest BCUT2D eigenvalue weighted by molar-refractivity contribution is 5.81. The van der Waals surface area contributed by atoms with Gasteiger partial charge in [0.25, 0.3) is 0 Å². The van der Waals surface area contributed by atoms with Gasteiger partial charge in [0.1, 0.15) is 0 Å². The van der Waals surface area contributed by atoms with Gasteiger partial charge in [0.05, 0.1) is 11.6 Å². The molecule has 0 aliphatic carbocycles. The van der Waals surface area contributed by atoms with Gasteiger partial charge >= 0.3 is 0 Å². The maximum Gasteiger partial charge on any atom is 0.239 e. The third-order valence-electron chi connectivity index (χ3n) is 3.64. The van der Waals surface area contributed by atoms with E-state index in [-0.39, 0.29) is 11.5 Å². The molecule has 0 radical (unpaired) electrons. The molecule has 1 amide bonds. The van der Waals surface area contributed by atoms with Gasteiger partial charge in [-0.25, -0.2) is 0 Å². The van der Waals surface area contributed by atoms with Crippen LogP contribution in [0.25, 0.3) is 0 Å². The monoisotopic (exact) mass is 258 g/mol. The summed E-state index contributed by atoms with van der Waals surface area (Å²) in [7, 11) is 3.36. The zero-order valence-electron chi connectivity index (χ0n) is 11.8. The normalized spacial score (nSPS) is 26.1. The predicted octanol–water partition coefficient (Wildman–Crippen LogP) is 0.768. The minimum absolute atomic E-state index is 0.0362. The van der Waals surface area contributed by atoms with Crippen molar-refractivity contribution in [1.29, 1.82) is 0 Å². The molecule has 5 nitrogen and oxygen atoms in total. The number of carbonyl (C=O) groups excluding carboxylic acids is 1. The lowest BCUT2D eigenvalue weighted by Crippen LogP contribution is -2.53. The molecule has 1 aliphatic rings. The highest BCUT2D eigenvalue weighted by atomic mass is 16.5. The van der Waals surface area contributed by atoms with Crippen molar-refractivity contribution in [3.63, 3.8) is 0 Å². The van der Waals surface area contributed by atoms with Gasteiger partial charge in [-0.2, -0.15) is 0 Å². The van der Waals surface area contributed by atoms with Crippen LogP contribution in [0.5, 0.6) is 0 Å². The fraction of sp³-hybridized carbons (Fsp3) is 0.923. The molecule has 1 heterocycles. The molecule has 1 saturated heterocycles. The molecule has 0 aromatic heterocycles. The van der Waals surface area contributed by atoms with Crippen molar-refractivity contribution >= 4 is 5.91 Å². The molecular formula is C13H26N2O3. The average molecular weight is 258 g/mol. The van der Waals surface area contributed by atoms with Crippen LogP contribution < -0.4 is 5.73 Å². The summed E-state index contributed by atoms with van der Waals surface area (Å²) in [5.74, 6) is 0.0362. The third kappa shape index (κ3) is 4.23. The van der Waals surface area contributed by atoms with Gasteiger partial charge in [-0.15, -0.1) is 0 Å². The molecule has 1 fully saturated rings. The number of hydrogen-bond donors (Lipinski definition) is 1. The van der Waals surface area contributed by atoms with Crippen LogP contribution in [0.15, 0.2) is 0 Å². The van der Waals surface area contributed by atoms with Gasteiger partial charge in [0.2, 0.25) is 5.91 Å². The van der Waals surface area contributed by atoms with Gasteiger partial charge in [-0.3, -0.25) is 4.79 Å². The number of rotatable bonds is 6. The quantitative estimate of drug-likeness (QED) is 0.715. The highest BCUT2D eigenvalue weighted by Gasteiger charge is 2.34. The Balaban J connectivity index is 2.45. The molecule has 0 aromatic carbocycles. The molecule has 1 aliphatic heterocycles. The second kappa shape index (κ2) is 7.07. The maximum absolute atomic E-state index is 12.2. The molecule has 0 saturated carbocycles. The van der Waals surface area contributed by atoms with Crippen LogP contribution in [0.2, 0.25) is 0 Å². The molecule has 2 N–H and O–H groups in total. The van der Waals surface area contributed by atoms with E-state index in [1.807, 2.05) is 11.8 Å². The molecule has 0 spiro atoms. The average Bonchev–Trinajstić information content (AvgIpc) is 2.38. The number of nitrogens with two attached hydrogens (primary N) is 1. The molecule has 1 rings (SSSR count). The van der Waals surface area contributed by atoms with Crippen molar-refractivity contribution in [2.75, 3.05) is 33.9 Å². The van der Waals surface area contributed by atoms with Crippen LogP contribution >= 0.6 is 0 Å². The summed E-state index contributed by atoms with van der Waals surface area (Å²) in [6.45, 7) is 4.12. The standard InChI is InChI=1S/C13H26N2O3/c1-13(18-3)7-5-8-15(10-13)12(16)11(14)6-4-9-17-2/h11H,4-10,14H2,1-3H3. The van der Waals surface area contributed by atoms with Gasteiger partial charge in [-0.05, 0) is 32.6 Å². The molecule has 18 heavy (non-hydrogen) atoms. The minimum atomic E-state index is -0.417. The van der Waals surface area contributed by atoms with E-state index < -0.39 is 6.04 Å². The van der Waals surface area contributed by atoms with E-state index in [1.165, 1.54) is 0 Å². The lowest BCUT2D eigenvalue weighted by molar-refractivity contribution is -0.140. The van der Waals surface area contributed by atoms with Gasteiger partial charge in [-0.1, -0.05) is 0 Å². The van der Waals surface area contributed by atoms with E-state index in [9.17, 15) is 4.79 Å². The second-order valence-corrected chi connectivity index (χ2v) is 5.26. The summed E-state index contributed by atoms with van der Waals surface area (Å²) < 4.78 is 10.5. The molecule has 106 valence electrons. The zero-order valence-corrected chi connectivity index (χ0v) is 11.8. The molecule has 0 aromatic rings. The topological polar surface area (TPSA) is 64.8 Å². The molecule has 2 unspecified atom stereocenters. The van der Waals surface area contributed by atoms with Crippen molar-refractivity contribution in [3.8, 4) is 0 Å². The summed E-state index contributed by atoms with van der Waals surface area (Å²) in [5.41, 5.74) is 5.71. The molecule has 2 atom stereocenters. The number of amides is 1. The zero-order chi connectivity index (χ0) is 13.6. The van der Waals surface area contributed by atoms with Crippen LogP contribution in [-0.2, 0) is 14.3 Å².